The normalized spacial score (nSPS) is 28.7. The van der Waals surface area contributed by atoms with E-state index < -0.39 is 0 Å². The lowest BCUT2D eigenvalue weighted by atomic mass is 10.1. The highest BCUT2D eigenvalue weighted by molar-refractivity contribution is 9.09. The third-order valence-corrected chi connectivity index (χ3v) is 4.18. The van der Waals surface area contributed by atoms with Crippen LogP contribution in [0.5, 0.6) is 0 Å². The molecular formula is C12H23BrN2O. The number of ether oxygens (including phenoxy) is 1. The Balaban J connectivity index is 1.59. The summed E-state index contributed by atoms with van der Waals surface area (Å²) in [6, 6.07) is 0. The van der Waals surface area contributed by atoms with Gasteiger partial charge in [0.1, 0.15) is 0 Å². The minimum Gasteiger partial charge on any atom is -0.379 e. The number of hydrogen-bond donors (Lipinski definition) is 0. The van der Waals surface area contributed by atoms with Crippen molar-refractivity contribution in [3.05, 3.63) is 0 Å². The average molecular weight is 291 g/mol. The van der Waals surface area contributed by atoms with E-state index in [2.05, 4.69) is 25.7 Å². The molecule has 2 saturated heterocycles. The Hall–Kier alpha value is 0.360. The lowest BCUT2D eigenvalue weighted by molar-refractivity contribution is 0.0342. The second-order valence-electron chi connectivity index (χ2n) is 4.89. The van der Waals surface area contributed by atoms with Crippen LogP contribution in [0.3, 0.4) is 0 Å². The largest absolute Gasteiger partial charge is 0.379 e. The van der Waals surface area contributed by atoms with Crippen LogP contribution in [-0.4, -0.2) is 67.6 Å². The van der Waals surface area contributed by atoms with Gasteiger partial charge >= 0.3 is 0 Å². The van der Waals surface area contributed by atoms with Crippen LogP contribution in [0.25, 0.3) is 0 Å². The third-order valence-electron chi connectivity index (χ3n) is 3.72. The molecule has 0 N–H and O–H groups in total. The van der Waals surface area contributed by atoms with Crippen LogP contribution >= 0.6 is 15.9 Å². The predicted molar refractivity (Wildman–Crippen MR) is 70.2 cm³/mol. The van der Waals surface area contributed by atoms with Gasteiger partial charge in [0.25, 0.3) is 0 Å². The summed E-state index contributed by atoms with van der Waals surface area (Å²) >= 11 is 3.54. The number of rotatable bonds is 5. The maximum atomic E-state index is 5.36. The van der Waals surface area contributed by atoms with Gasteiger partial charge in [0, 0.05) is 38.1 Å². The summed E-state index contributed by atoms with van der Waals surface area (Å²) < 4.78 is 5.36. The molecule has 4 heteroatoms. The Kier molecular flexibility index (Phi) is 5.56. The second-order valence-corrected chi connectivity index (χ2v) is 5.68. The Bertz CT molecular complexity index is 197. The number of nitrogens with zero attached hydrogens (tertiary/aromatic N) is 2. The Morgan fingerprint density at radius 3 is 2.56 bits per heavy atom. The molecule has 0 radical (unpaired) electrons. The maximum absolute atomic E-state index is 5.36. The predicted octanol–water partition coefficient (Wildman–Crippen LogP) is 1.43. The van der Waals surface area contributed by atoms with E-state index in [0.717, 1.165) is 37.6 Å². The van der Waals surface area contributed by atoms with E-state index in [0.29, 0.717) is 0 Å². The van der Waals surface area contributed by atoms with E-state index in [4.69, 9.17) is 4.74 Å². The van der Waals surface area contributed by atoms with E-state index in [-0.39, 0.29) is 0 Å². The molecule has 0 aromatic rings. The number of likely N-dealkylation sites (tertiary alicyclic amines) is 1. The van der Waals surface area contributed by atoms with Gasteiger partial charge in [-0.05, 0) is 25.3 Å². The van der Waals surface area contributed by atoms with Crippen LogP contribution in [0.4, 0.5) is 0 Å². The van der Waals surface area contributed by atoms with Gasteiger partial charge < -0.3 is 9.64 Å². The molecule has 0 aliphatic carbocycles. The molecule has 0 saturated carbocycles. The molecule has 2 rings (SSSR count). The van der Waals surface area contributed by atoms with Crippen molar-refractivity contribution >= 4 is 15.9 Å². The molecule has 2 fully saturated rings. The van der Waals surface area contributed by atoms with E-state index in [1.165, 1.54) is 39.0 Å². The summed E-state index contributed by atoms with van der Waals surface area (Å²) in [5, 5.41) is 1.16. The highest BCUT2D eigenvalue weighted by Gasteiger charge is 2.22. The van der Waals surface area contributed by atoms with Crippen molar-refractivity contribution in [2.45, 2.75) is 12.8 Å². The number of hydrogen-bond acceptors (Lipinski definition) is 3. The van der Waals surface area contributed by atoms with Crippen LogP contribution in [0.2, 0.25) is 0 Å². The van der Waals surface area contributed by atoms with Crippen molar-refractivity contribution in [2.75, 3.05) is 57.8 Å². The zero-order valence-corrected chi connectivity index (χ0v) is 11.6. The minimum absolute atomic E-state index is 0.923. The monoisotopic (exact) mass is 290 g/mol. The fraction of sp³-hybridized carbons (Fsp3) is 1.00. The lowest BCUT2D eigenvalue weighted by Crippen LogP contribution is -2.41. The quantitative estimate of drug-likeness (QED) is 0.713. The summed E-state index contributed by atoms with van der Waals surface area (Å²) in [5.41, 5.74) is 0. The summed E-state index contributed by atoms with van der Waals surface area (Å²) in [6.45, 7) is 9.19. The first-order valence-electron chi connectivity index (χ1n) is 6.47. The zero-order valence-electron chi connectivity index (χ0n) is 10.0. The maximum Gasteiger partial charge on any atom is 0.0594 e. The summed E-state index contributed by atoms with van der Waals surface area (Å²) in [7, 11) is 0. The molecule has 0 aromatic heterocycles. The first-order valence-corrected chi connectivity index (χ1v) is 7.59. The molecule has 2 aliphatic heterocycles. The first-order chi connectivity index (χ1) is 7.88. The highest BCUT2D eigenvalue weighted by atomic mass is 79.9. The molecule has 0 bridgehead atoms. The van der Waals surface area contributed by atoms with E-state index in [1.54, 1.807) is 0 Å². The number of morpholine rings is 1. The zero-order chi connectivity index (χ0) is 11.2. The molecule has 0 aromatic carbocycles. The molecular weight excluding hydrogens is 268 g/mol. The van der Waals surface area contributed by atoms with Crippen LogP contribution in [0.15, 0.2) is 0 Å². The second kappa shape index (κ2) is 6.94. The Morgan fingerprint density at radius 1 is 1.06 bits per heavy atom. The first kappa shape index (κ1) is 12.8. The highest BCUT2D eigenvalue weighted by Crippen LogP contribution is 2.19. The fourth-order valence-corrected chi connectivity index (χ4v) is 3.26. The summed E-state index contributed by atoms with van der Waals surface area (Å²) in [4.78, 5) is 5.16. The van der Waals surface area contributed by atoms with Crippen LogP contribution < -0.4 is 0 Å². The van der Waals surface area contributed by atoms with Gasteiger partial charge in [0.2, 0.25) is 0 Å². The van der Waals surface area contributed by atoms with E-state index >= 15 is 0 Å². The summed E-state index contributed by atoms with van der Waals surface area (Å²) in [5.74, 6) is 0.934. The topological polar surface area (TPSA) is 15.7 Å². The van der Waals surface area contributed by atoms with Gasteiger partial charge in [-0.15, -0.1) is 0 Å². The fourth-order valence-electron chi connectivity index (χ4n) is 2.61. The van der Waals surface area contributed by atoms with Crippen LogP contribution in [-0.2, 0) is 4.74 Å². The molecule has 2 aliphatic rings. The van der Waals surface area contributed by atoms with Crippen molar-refractivity contribution in [1.29, 1.82) is 0 Å². The smallest absolute Gasteiger partial charge is 0.0594 e. The number of alkyl halides is 1. The van der Waals surface area contributed by atoms with Crippen molar-refractivity contribution in [3.63, 3.8) is 0 Å². The minimum atomic E-state index is 0.923. The molecule has 1 atom stereocenters. The Morgan fingerprint density at radius 2 is 1.81 bits per heavy atom. The average Bonchev–Trinajstić information content (AvgIpc) is 2.76. The summed E-state index contributed by atoms with van der Waals surface area (Å²) in [6.07, 6.45) is 2.74. The van der Waals surface area contributed by atoms with Crippen molar-refractivity contribution in [1.82, 2.24) is 9.80 Å². The van der Waals surface area contributed by atoms with Crippen molar-refractivity contribution in [3.8, 4) is 0 Å². The lowest BCUT2D eigenvalue weighted by Gasteiger charge is -2.28. The molecule has 0 amide bonds. The van der Waals surface area contributed by atoms with Crippen molar-refractivity contribution < 1.29 is 4.74 Å². The third kappa shape index (κ3) is 3.99. The molecule has 2 heterocycles. The standard InChI is InChI=1S/C12H23BrN2O/c13-3-1-12-2-4-15(11-12)6-5-14-7-9-16-10-8-14/h12H,1-11H2. The van der Waals surface area contributed by atoms with Crippen molar-refractivity contribution in [2.24, 2.45) is 5.92 Å². The van der Waals surface area contributed by atoms with Gasteiger partial charge in [0.05, 0.1) is 13.2 Å². The van der Waals surface area contributed by atoms with Gasteiger partial charge in [0.15, 0.2) is 0 Å². The molecule has 16 heavy (non-hydrogen) atoms. The number of halogens is 1. The van der Waals surface area contributed by atoms with Gasteiger partial charge in [-0.1, -0.05) is 15.9 Å². The Labute approximate surface area is 107 Å². The molecule has 0 spiro atoms. The van der Waals surface area contributed by atoms with E-state index in [1.807, 2.05) is 0 Å². The van der Waals surface area contributed by atoms with E-state index in [9.17, 15) is 0 Å². The van der Waals surface area contributed by atoms with Gasteiger partial charge in [-0.3, -0.25) is 4.90 Å². The van der Waals surface area contributed by atoms with Crippen LogP contribution in [0.1, 0.15) is 12.8 Å². The molecule has 1 unspecified atom stereocenters. The SMILES string of the molecule is BrCCC1CCN(CCN2CCOCC2)C1. The van der Waals surface area contributed by atoms with Gasteiger partial charge in [-0.2, -0.15) is 0 Å². The molecule has 3 nitrogen and oxygen atoms in total. The van der Waals surface area contributed by atoms with Crippen LogP contribution in [0, 0.1) is 5.92 Å². The van der Waals surface area contributed by atoms with Gasteiger partial charge in [-0.25, -0.2) is 0 Å². The molecule has 94 valence electrons.